The van der Waals surface area contributed by atoms with Crippen LogP contribution in [0, 0.1) is 0 Å². The molecule has 0 spiro atoms. The van der Waals surface area contributed by atoms with Crippen molar-refractivity contribution in [1.29, 1.82) is 0 Å². The molecule has 0 atom stereocenters. The third-order valence-corrected chi connectivity index (χ3v) is 2.15. The summed E-state index contributed by atoms with van der Waals surface area (Å²) in [7, 11) is 0. The molecule has 1 fully saturated rings. The van der Waals surface area contributed by atoms with Crippen molar-refractivity contribution in [3.63, 3.8) is 0 Å². The van der Waals surface area contributed by atoms with Crippen molar-refractivity contribution < 1.29 is 13.3 Å². The van der Waals surface area contributed by atoms with Gasteiger partial charge in [0.2, 0.25) is 6.43 Å². The Morgan fingerprint density at radius 3 is 2.64 bits per heavy atom. The molecule has 0 N–H and O–H groups in total. The van der Waals surface area contributed by atoms with Gasteiger partial charge in [0.15, 0.2) is 0 Å². The second-order valence-corrected chi connectivity index (χ2v) is 2.84. The van der Waals surface area contributed by atoms with Crippen LogP contribution in [0.2, 0.25) is 0 Å². The number of nitrogens with zero attached hydrogens (tertiary/aromatic N) is 1. The van der Waals surface area contributed by atoms with E-state index in [2.05, 4.69) is 9.68 Å². The summed E-state index contributed by atoms with van der Waals surface area (Å²) in [5.74, 6) is 0. The Morgan fingerprint density at radius 2 is 2.27 bits per heavy atom. The van der Waals surface area contributed by atoms with E-state index in [4.69, 9.17) is 0 Å². The minimum absolute atomic E-state index is 0.396. The van der Waals surface area contributed by atoms with Crippen LogP contribution in [-0.4, -0.2) is 11.6 Å². The number of rotatable bonds is 2. The van der Waals surface area contributed by atoms with Gasteiger partial charge < -0.3 is 4.52 Å². The Labute approximate surface area is 62.2 Å². The zero-order chi connectivity index (χ0) is 7.90. The van der Waals surface area contributed by atoms with E-state index >= 15 is 0 Å². The maximum atomic E-state index is 12.4. The molecule has 0 radical (unpaired) electrons. The lowest BCUT2D eigenvalue weighted by Gasteiger charge is -2.08. The van der Waals surface area contributed by atoms with Gasteiger partial charge >= 0.3 is 0 Å². The van der Waals surface area contributed by atoms with Gasteiger partial charge in [-0.05, 0) is 12.8 Å². The molecule has 0 saturated heterocycles. The number of hydrogen-bond donors (Lipinski definition) is 0. The van der Waals surface area contributed by atoms with Gasteiger partial charge in [-0.1, -0.05) is 5.16 Å². The standard InChI is InChI=1S/C7H7F2NO/c8-6(9)7(2-3-7)5-1-4-11-10-5/h1,4,6H,2-3H2. The molecule has 1 saturated carbocycles. The Kier molecular flexibility index (Phi) is 1.25. The second kappa shape index (κ2) is 2.03. The summed E-state index contributed by atoms with van der Waals surface area (Å²) >= 11 is 0. The molecule has 2 nitrogen and oxygen atoms in total. The highest BCUT2D eigenvalue weighted by atomic mass is 19.3. The third kappa shape index (κ3) is 0.852. The summed E-state index contributed by atoms with van der Waals surface area (Å²) in [6.07, 6.45) is 0.0687. The predicted molar refractivity (Wildman–Crippen MR) is 33.4 cm³/mol. The van der Waals surface area contributed by atoms with E-state index < -0.39 is 11.8 Å². The van der Waals surface area contributed by atoms with Crippen LogP contribution in [0.15, 0.2) is 16.9 Å². The Hall–Kier alpha value is -0.930. The summed E-state index contributed by atoms with van der Waals surface area (Å²) in [5, 5.41) is 3.52. The van der Waals surface area contributed by atoms with Gasteiger partial charge in [-0.15, -0.1) is 0 Å². The smallest absolute Gasteiger partial charge is 0.249 e. The first-order valence-electron chi connectivity index (χ1n) is 3.45. The molecule has 1 heterocycles. The first-order chi connectivity index (χ1) is 5.26. The van der Waals surface area contributed by atoms with E-state index in [-0.39, 0.29) is 0 Å². The summed E-state index contributed by atoms with van der Waals surface area (Å²) in [5.41, 5.74) is -0.569. The van der Waals surface area contributed by atoms with Gasteiger partial charge in [-0.2, -0.15) is 0 Å². The minimum atomic E-state index is -2.31. The van der Waals surface area contributed by atoms with Crippen LogP contribution in [0.4, 0.5) is 8.78 Å². The van der Waals surface area contributed by atoms with E-state index in [1.165, 1.54) is 12.3 Å². The zero-order valence-corrected chi connectivity index (χ0v) is 5.76. The summed E-state index contributed by atoms with van der Waals surface area (Å²) in [6, 6.07) is 1.51. The first kappa shape index (κ1) is 6.76. The van der Waals surface area contributed by atoms with Crippen LogP contribution in [0.1, 0.15) is 18.5 Å². The minimum Gasteiger partial charge on any atom is -0.364 e. The predicted octanol–water partition coefficient (Wildman–Crippen LogP) is 1.97. The van der Waals surface area contributed by atoms with Gasteiger partial charge in [0.25, 0.3) is 0 Å². The largest absolute Gasteiger partial charge is 0.364 e. The van der Waals surface area contributed by atoms with Crippen LogP contribution in [0.5, 0.6) is 0 Å². The van der Waals surface area contributed by atoms with Gasteiger partial charge in [0.1, 0.15) is 6.26 Å². The van der Waals surface area contributed by atoms with Crippen molar-refractivity contribution in [2.45, 2.75) is 24.7 Å². The first-order valence-corrected chi connectivity index (χ1v) is 3.45. The molecule has 1 aromatic heterocycles. The van der Waals surface area contributed by atoms with Crippen molar-refractivity contribution in [3.05, 3.63) is 18.0 Å². The quantitative estimate of drug-likeness (QED) is 0.659. The summed E-state index contributed by atoms with van der Waals surface area (Å²) in [4.78, 5) is 0. The molecule has 0 bridgehead atoms. The number of aromatic nitrogens is 1. The van der Waals surface area contributed by atoms with Gasteiger partial charge in [-0.3, -0.25) is 0 Å². The highest BCUT2D eigenvalue weighted by Crippen LogP contribution is 2.51. The van der Waals surface area contributed by atoms with Crippen LogP contribution >= 0.6 is 0 Å². The molecule has 0 unspecified atom stereocenters. The average Bonchev–Trinajstić information content (AvgIpc) is 2.61. The maximum absolute atomic E-state index is 12.4. The number of hydrogen-bond acceptors (Lipinski definition) is 2. The third-order valence-electron chi connectivity index (χ3n) is 2.15. The van der Waals surface area contributed by atoms with Crippen LogP contribution in [0.25, 0.3) is 0 Å². The maximum Gasteiger partial charge on any atom is 0.249 e. The molecule has 1 aliphatic rings. The lowest BCUT2D eigenvalue weighted by molar-refractivity contribution is 0.0980. The fourth-order valence-electron chi connectivity index (χ4n) is 1.19. The zero-order valence-electron chi connectivity index (χ0n) is 5.76. The van der Waals surface area contributed by atoms with Crippen molar-refractivity contribution in [3.8, 4) is 0 Å². The summed E-state index contributed by atoms with van der Waals surface area (Å²) in [6.45, 7) is 0. The topological polar surface area (TPSA) is 26.0 Å². The molecule has 2 rings (SSSR count). The second-order valence-electron chi connectivity index (χ2n) is 2.84. The highest BCUT2D eigenvalue weighted by Gasteiger charge is 2.54. The van der Waals surface area contributed by atoms with Crippen LogP contribution in [-0.2, 0) is 5.41 Å². The number of alkyl halides is 2. The molecule has 11 heavy (non-hydrogen) atoms. The van der Waals surface area contributed by atoms with E-state index in [1.807, 2.05) is 0 Å². The van der Waals surface area contributed by atoms with Crippen molar-refractivity contribution in [2.75, 3.05) is 0 Å². The Morgan fingerprint density at radius 1 is 1.55 bits per heavy atom. The van der Waals surface area contributed by atoms with E-state index in [0.29, 0.717) is 18.5 Å². The molecule has 1 aliphatic carbocycles. The normalized spacial score (nSPS) is 20.6. The van der Waals surface area contributed by atoms with Crippen molar-refractivity contribution in [1.82, 2.24) is 5.16 Å². The van der Waals surface area contributed by atoms with Gasteiger partial charge in [0, 0.05) is 6.07 Å². The number of halogens is 2. The van der Waals surface area contributed by atoms with E-state index in [1.54, 1.807) is 0 Å². The molecule has 0 aromatic carbocycles. The van der Waals surface area contributed by atoms with Gasteiger partial charge in [0.05, 0.1) is 11.1 Å². The van der Waals surface area contributed by atoms with E-state index in [0.717, 1.165) is 0 Å². The van der Waals surface area contributed by atoms with Gasteiger partial charge in [-0.25, -0.2) is 8.78 Å². The molecule has 1 aromatic rings. The van der Waals surface area contributed by atoms with E-state index in [9.17, 15) is 8.78 Å². The molecular formula is C7H7F2NO. The Balaban J connectivity index is 2.29. The molecule has 0 aliphatic heterocycles. The Bertz CT molecular complexity index is 241. The van der Waals surface area contributed by atoms with Crippen LogP contribution < -0.4 is 0 Å². The lowest BCUT2D eigenvalue weighted by Crippen LogP contribution is -2.17. The molecular weight excluding hydrogens is 152 g/mol. The molecule has 0 amide bonds. The fraction of sp³-hybridized carbons (Fsp3) is 0.571. The SMILES string of the molecule is FC(F)C1(c2ccon2)CC1. The molecule has 4 heteroatoms. The fourth-order valence-corrected chi connectivity index (χ4v) is 1.19. The summed E-state index contributed by atoms with van der Waals surface area (Å²) < 4.78 is 29.2. The van der Waals surface area contributed by atoms with Crippen LogP contribution in [0.3, 0.4) is 0 Å². The lowest BCUT2D eigenvalue weighted by atomic mass is 10.0. The molecule has 60 valence electrons. The van der Waals surface area contributed by atoms with Crippen molar-refractivity contribution >= 4 is 0 Å². The van der Waals surface area contributed by atoms with Crippen molar-refractivity contribution in [2.24, 2.45) is 0 Å². The highest BCUT2D eigenvalue weighted by molar-refractivity contribution is 5.23. The average molecular weight is 159 g/mol. The monoisotopic (exact) mass is 159 g/mol.